The second-order valence-electron chi connectivity index (χ2n) is 10.4. The van der Waals surface area contributed by atoms with Crippen molar-refractivity contribution in [1.29, 1.82) is 0 Å². The Morgan fingerprint density at radius 3 is 2.26 bits per heavy atom. The molecule has 6 nitrogen and oxygen atoms in total. The zero-order valence-electron chi connectivity index (χ0n) is 18.1. The number of carbonyl (C=O) groups excluding carboxylic acids is 3. The highest BCUT2D eigenvalue weighted by molar-refractivity contribution is 6.01. The van der Waals surface area contributed by atoms with Crippen molar-refractivity contribution in [2.45, 2.75) is 75.7 Å². The molecule has 1 aromatic carbocycles. The molecule has 1 saturated heterocycles. The van der Waals surface area contributed by atoms with Crippen LogP contribution in [0.25, 0.3) is 0 Å². The van der Waals surface area contributed by atoms with E-state index in [1.54, 1.807) is 0 Å². The van der Waals surface area contributed by atoms with E-state index in [2.05, 4.69) is 16.0 Å². The first-order valence-electron chi connectivity index (χ1n) is 12.0. The second-order valence-corrected chi connectivity index (χ2v) is 10.4. The number of nitrogens with one attached hydrogen (secondary N) is 3. The van der Waals surface area contributed by atoms with Gasteiger partial charge >= 0.3 is 0 Å². The molecule has 1 aromatic rings. The molecule has 5 fully saturated rings. The molecule has 5 aliphatic rings. The third-order valence-electron chi connectivity index (χ3n) is 7.95. The van der Waals surface area contributed by atoms with Gasteiger partial charge in [0, 0.05) is 24.1 Å². The summed E-state index contributed by atoms with van der Waals surface area (Å²) in [7, 11) is 0. The van der Waals surface area contributed by atoms with Gasteiger partial charge in [-0.3, -0.25) is 19.7 Å². The minimum atomic E-state index is -0.293. The van der Waals surface area contributed by atoms with Crippen LogP contribution in [0.1, 0.15) is 75.7 Å². The van der Waals surface area contributed by atoms with Gasteiger partial charge in [0.1, 0.15) is 0 Å². The third kappa shape index (κ3) is 4.54. The van der Waals surface area contributed by atoms with E-state index in [0.717, 1.165) is 42.0 Å². The topological polar surface area (TPSA) is 87.3 Å². The Labute approximate surface area is 183 Å². The maximum absolute atomic E-state index is 12.4. The summed E-state index contributed by atoms with van der Waals surface area (Å²) < 4.78 is 0. The average Bonchev–Trinajstić information content (AvgIpc) is 2.71. The van der Waals surface area contributed by atoms with Gasteiger partial charge in [0.15, 0.2) is 0 Å². The van der Waals surface area contributed by atoms with E-state index >= 15 is 0 Å². The van der Waals surface area contributed by atoms with Crippen molar-refractivity contribution in [1.82, 2.24) is 10.6 Å². The molecule has 1 aliphatic heterocycles. The summed E-state index contributed by atoms with van der Waals surface area (Å²) in [5.41, 5.74) is 1.98. The molecule has 3 N–H and O–H groups in total. The molecular formula is C25H33N3O3. The van der Waals surface area contributed by atoms with Gasteiger partial charge < -0.3 is 10.6 Å². The van der Waals surface area contributed by atoms with Gasteiger partial charge in [0.25, 0.3) is 0 Å². The Morgan fingerprint density at radius 1 is 1.00 bits per heavy atom. The lowest BCUT2D eigenvalue weighted by molar-refractivity contribution is -0.134. The quantitative estimate of drug-likeness (QED) is 0.463. The number of imide groups is 1. The lowest BCUT2D eigenvalue weighted by Crippen LogP contribution is -2.58. The summed E-state index contributed by atoms with van der Waals surface area (Å²) >= 11 is 0. The normalized spacial score (nSPS) is 33.9. The van der Waals surface area contributed by atoms with Gasteiger partial charge in [-0.2, -0.15) is 0 Å². The Kier molecular flexibility index (Phi) is 5.59. The van der Waals surface area contributed by atoms with Crippen LogP contribution in [0.4, 0.5) is 5.69 Å². The van der Waals surface area contributed by atoms with Crippen LogP contribution in [0.3, 0.4) is 0 Å². The molecule has 1 heterocycles. The van der Waals surface area contributed by atoms with Crippen molar-refractivity contribution in [3.05, 3.63) is 29.8 Å². The van der Waals surface area contributed by atoms with Crippen molar-refractivity contribution in [2.75, 3.05) is 11.9 Å². The van der Waals surface area contributed by atoms with Crippen molar-refractivity contribution in [3.8, 4) is 0 Å². The molecular weight excluding hydrogens is 390 g/mol. The largest absolute Gasteiger partial charge is 0.326 e. The van der Waals surface area contributed by atoms with Crippen LogP contribution in [0.2, 0.25) is 0 Å². The van der Waals surface area contributed by atoms with Crippen LogP contribution in [0, 0.1) is 17.8 Å². The van der Waals surface area contributed by atoms with E-state index in [-0.39, 0.29) is 23.6 Å². The van der Waals surface area contributed by atoms with Crippen molar-refractivity contribution >= 4 is 23.4 Å². The lowest BCUT2D eigenvalue weighted by Gasteiger charge is -2.57. The molecule has 31 heavy (non-hydrogen) atoms. The monoisotopic (exact) mass is 423 g/mol. The molecule has 4 aliphatic carbocycles. The van der Waals surface area contributed by atoms with E-state index in [9.17, 15) is 14.4 Å². The number of anilines is 1. The van der Waals surface area contributed by atoms with Gasteiger partial charge in [-0.15, -0.1) is 0 Å². The second kappa shape index (κ2) is 8.38. The fraction of sp³-hybridized carbons (Fsp3) is 0.640. The molecule has 6 rings (SSSR count). The molecule has 3 amide bonds. The van der Waals surface area contributed by atoms with Crippen LogP contribution in [0.5, 0.6) is 0 Å². The Morgan fingerprint density at radius 2 is 1.65 bits per heavy atom. The SMILES string of the molecule is O=C1CCC(c2ccc(NC(=O)CCCNC34CC5CC(CC(C5)C3)C4)cc2)C(=O)N1. The van der Waals surface area contributed by atoms with Crippen molar-refractivity contribution < 1.29 is 14.4 Å². The Balaban J connectivity index is 1.06. The highest BCUT2D eigenvalue weighted by atomic mass is 16.2. The van der Waals surface area contributed by atoms with E-state index in [1.165, 1.54) is 38.5 Å². The number of piperidine rings is 1. The summed E-state index contributed by atoms with van der Waals surface area (Å²) in [4.78, 5) is 35.7. The van der Waals surface area contributed by atoms with Gasteiger partial charge in [-0.25, -0.2) is 0 Å². The number of hydrogen-bond acceptors (Lipinski definition) is 4. The molecule has 4 bridgehead atoms. The predicted octanol–water partition coefficient (Wildman–Crippen LogP) is 3.48. The maximum Gasteiger partial charge on any atom is 0.234 e. The zero-order valence-corrected chi connectivity index (χ0v) is 18.1. The van der Waals surface area contributed by atoms with E-state index in [0.29, 0.717) is 24.8 Å². The maximum atomic E-state index is 12.4. The molecule has 1 unspecified atom stereocenters. The van der Waals surface area contributed by atoms with Gasteiger partial charge in [0.05, 0.1) is 5.92 Å². The van der Waals surface area contributed by atoms with Gasteiger partial charge in [-0.05, 0) is 93.4 Å². The van der Waals surface area contributed by atoms with Crippen LogP contribution in [-0.4, -0.2) is 29.8 Å². The first-order valence-corrected chi connectivity index (χ1v) is 12.0. The first-order chi connectivity index (χ1) is 15.0. The Bertz CT molecular complexity index is 828. The minimum Gasteiger partial charge on any atom is -0.326 e. The number of rotatable bonds is 7. The predicted molar refractivity (Wildman–Crippen MR) is 118 cm³/mol. The first kappa shape index (κ1) is 20.7. The van der Waals surface area contributed by atoms with E-state index in [4.69, 9.17) is 0 Å². The zero-order chi connectivity index (χ0) is 21.4. The molecule has 0 spiro atoms. The number of benzene rings is 1. The lowest BCUT2D eigenvalue weighted by atomic mass is 9.53. The van der Waals surface area contributed by atoms with Crippen molar-refractivity contribution in [3.63, 3.8) is 0 Å². The van der Waals surface area contributed by atoms with Crippen LogP contribution < -0.4 is 16.0 Å². The highest BCUT2D eigenvalue weighted by Crippen LogP contribution is 2.55. The average molecular weight is 424 g/mol. The highest BCUT2D eigenvalue weighted by Gasteiger charge is 2.50. The molecule has 0 aromatic heterocycles. The number of carbonyl (C=O) groups is 3. The van der Waals surface area contributed by atoms with Crippen LogP contribution in [-0.2, 0) is 14.4 Å². The summed E-state index contributed by atoms with van der Waals surface area (Å²) in [5.74, 6) is 2.10. The van der Waals surface area contributed by atoms with Gasteiger partial charge in [0.2, 0.25) is 17.7 Å². The smallest absolute Gasteiger partial charge is 0.234 e. The molecule has 4 saturated carbocycles. The standard InChI is InChI=1S/C25H33N3O3/c29-22(2-1-9-26-25-13-16-10-17(14-25)12-18(11-16)15-25)27-20-5-3-19(4-6-20)21-7-8-23(30)28-24(21)31/h3-6,16-18,21,26H,1-2,7-15H2,(H,27,29)(H,28,30,31). The van der Waals surface area contributed by atoms with Crippen LogP contribution in [0.15, 0.2) is 24.3 Å². The molecule has 0 radical (unpaired) electrons. The molecule has 166 valence electrons. The summed E-state index contributed by atoms with van der Waals surface area (Å²) in [6.45, 7) is 0.911. The Hall–Kier alpha value is -2.21. The van der Waals surface area contributed by atoms with Crippen LogP contribution >= 0.6 is 0 Å². The summed E-state index contributed by atoms with van der Waals surface area (Å²) in [6.07, 6.45) is 10.6. The van der Waals surface area contributed by atoms with Crippen molar-refractivity contribution in [2.24, 2.45) is 17.8 Å². The van der Waals surface area contributed by atoms with Gasteiger partial charge in [-0.1, -0.05) is 12.1 Å². The number of hydrogen-bond donors (Lipinski definition) is 3. The molecule has 1 atom stereocenters. The van der Waals surface area contributed by atoms with E-state index < -0.39 is 0 Å². The minimum absolute atomic E-state index is 0.0288. The fourth-order valence-corrected chi connectivity index (χ4v) is 6.96. The molecule has 6 heteroatoms. The summed E-state index contributed by atoms with van der Waals surface area (Å²) in [5, 5.41) is 9.21. The third-order valence-corrected chi connectivity index (χ3v) is 7.95. The number of amides is 3. The fourth-order valence-electron chi connectivity index (χ4n) is 6.96. The van der Waals surface area contributed by atoms with E-state index in [1.807, 2.05) is 24.3 Å². The summed E-state index contributed by atoms with van der Waals surface area (Å²) in [6, 6.07) is 7.41.